The number of amides is 1. The first-order chi connectivity index (χ1) is 19.7. The van der Waals surface area contributed by atoms with E-state index in [1.165, 1.54) is 28.6 Å². The standard InChI is InChI=1S/C28H35F3N4O5S2/c1-3-41(37,38)32-20-24-5-4-14-35(24)42(39,40)25-12-8-22(9-13-25)26(27(36)34-17-15-33(2)16-18-34)19-21-6-10-23(11-7-21)28(29,30)31/h3,6-13,24,26,32H,1,4-5,14-20H2,2H3. The lowest BCUT2D eigenvalue weighted by atomic mass is 9.90. The van der Waals surface area contributed by atoms with Crippen molar-refractivity contribution >= 4 is 26.0 Å². The highest BCUT2D eigenvalue weighted by Crippen LogP contribution is 2.32. The van der Waals surface area contributed by atoms with Crippen LogP contribution in [0.2, 0.25) is 0 Å². The number of carbonyl (C=O) groups is 1. The molecule has 2 fully saturated rings. The van der Waals surface area contributed by atoms with Gasteiger partial charge in [0.1, 0.15) is 0 Å². The quantitative estimate of drug-likeness (QED) is 0.434. The summed E-state index contributed by atoms with van der Waals surface area (Å²) in [5, 5.41) is 0.768. The van der Waals surface area contributed by atoms with Crippen molar-refractivity contribution in [2.24, 2.45) is 0 Å². The van der Waals surface area contributed by atoms with Gasteiger partial charge in [-0.1, -0.05) is 30.8 Å². The Morgan fingerprint density at radius 1 is 1.00 bits per heavy atom. The van der Waals surface area contributed by atoms with Crippen molar-refractivity contribution in [2.45, 2.75) is 42.3 Å². The first-order valence-corrected chi connectivity index (χ1v) is 16.6. The first kappa shape index (κ1) is 32.1. The van der Waals surface area contributed by atoms with Gasteiger partial charge in [0, 0.05) is 50.7 Å². The molecule has 0 bridgehead atoms. The van der Waals surface area contributed by atoms with Crippen LogP contribution in [-0.2, 0) is 37.4 Å². The molecule has 9 nitrogen and oxygen atoms in total. The van der Waals surface area contributed by atoms with Gasteiger partial charge < -0.3 is 9.80 Å². The third-order valence-electron chi connectivity index (χ3n) is 7.79. The van der Waals surface area contributed by atoms with Crippen LogP contribution in [0.1, 0.15) is 35.4 Å². The van der Waals surface area contributed by atoms with E-state index in [1.54, 1.807) is 17.0 Å². The van der Waals surface area contributed by atoms with E-state index in [0.29, 0.717) is 50.1 Å². The summed E-state index contributed by atoms with van der Waals surface area (Å²) in [5.41, 5.74) is 0.323. The Morgan fingerprint density at radius 2 is 1.62 bits per heavy atom. The number of nitrogens with one attached hydrogen (secondary N) is 1. The second-order valence-electron chi connectivity index (χ2n) is 10.6. The van der Waals surface area contributed by atoms with Gasteiger partial charge in [-0.3, -0.25) is 4.79 Å². The number of carbonyl (C=O) groups excluding carboxylic acids is 1. The molecular formula is C28H35F3N4O5S2. The van der Waals surface area contributed by atoms with Crippen molar-refractivity contribution < 1.29 is 34.8 Å². The number of benzene rings is 2. The molecule has 0 aromatic heterocycles. The molecule has 2 aromatic carbocycles. The predicted octanol–water partition coefficient (Wildman–Crippen LogP) is 3.02. The molecule has 2 aliphatic rings. The summed E-state index contributed by atoms with van der Waals surface area (Å²) in [5.74, 6) is -0.901. The number of hydrogen-bond donors (Lipinski definition) is 1. The average Bonchev–Trinajstić information content (AvgIpc) is 3.45. The molecule has 1 N–H and O–H groups in total. The zero-order valence-corrected chi connectivity index (χ0v) is 24.9. The Labute approximate surface area is 245 Å². The van der Waals surface area contributed by atoms with Crippen LogP contribution in [0.15, 0.2) is 65.4 Å². The maximum Gasteiger partial charge on any atom is 0.416 e. The van der Waals surface area contributed by atoms with Crippen LogP contribution in [0.5, 0.6) is 0 Å². The summed E-state index contributed by atoms with van der Waals surface area (Å²) in [7, 11) is -5.72. The van der Waals surface area contributed by atoms with Gasteiger partial charge in [-0.25, -0.2) is 21.6 Å². The third-order valence-corrected chi connectivity index (χ3v) is 10.8. The van der Waals surface area contributed by atoms with E-state index >= 15 is 0 Å². The number of halogens is 3. The first-order valence-electron chi connectivity index (χ1n) is 13.6. The molecule has 2 aliphatic heterocycles. The van der Waals surface area contributed by atoms with Gasteiger partial charge in [0.05, 0.1) is 16.4 Å². The van der Waals surface area contributed by atoms with Gasteiger partial charge in [0.2, 0.25) is 26.0 Å². The molecule has 2 unspecified atom stereocenters. The fourth-order valence-corrected chi connectivity index (χ4v) is 7.50. The molecule has 0 saturated carbocycles. The Hall–Kier alpha value is -2.78. The van der Waals surface area contributed by atoms with E-state index < -0.39 is 43.7 Å². The van der Waals surface area contributed by atoms with Gasteiger partial charge in [0.15, 0.2) is 0 Å². The van der Waals surface area contributed by atoms with Crippen LogP contribution >= 0.6 is 0 Å². The fraction of sp³-hybridized carbons (Fsp3) is 0.464. The van der Waals surface area contributed by atoms with Crippen LogP contribution in [0.25, 0.3) is 0 Å². The van der Waals surface area contributed by atoms with E-state index in [-0.39, 0.29) is 30.3 Å². The Bertz CT molecular complexity index is 1470. The summed E-state index contributed by atoms with van der Waals surface area (Å²) in [6.45, 7) is 5.80. The molecule has 2 heterocycles. The van der Waals surface area contributed by atoms with Crippen molar-refractivity contribution in [3.63, 3.8) is 0 Å². The Morgan fingerprint density at radius 3 is 2.19 bits per heavy atom. The second kappa shape index (κ2) is 12.8. The Balaban J connectivity index is 1.58. The van der Waals surface area contributed by atoms with Gasteiger partial charge in [-0.05, 0) is 61.7 Å². The summed E-state index contributed by atoms with van der Waals surface area (Å²) < 4.78 is 93.4. The van der Waals surface area contributed by atoms with Crippen LogP contribution in [0.3, 0.4) is 0 Å². The molecule has 230 valence electrons. The lowest BCUT2D eigenvalue weighted by molar-refractivity contribution is -0.137. The maximum absolute atomic E-state index is 13.7. The second-order valence-corrected chi connectivity index (χ2v) is 14.2. The van der Waals surface area contributed by atoms with Gasteiger partial charge in [-0.2, -0.15) is 17.5 Å². The van der Waals surface area contributed by atoms with Crippen LogP contribution < -0.4 is 4.72 Å². The van der Waals surface area contributed by atoms with Crippen molar-refractivity contribution in [3.05, 3.63) is 77.2 Å². The van der Waals surface area contributed by atoms with E-state index in [4.69, 9.17) is 0 Å². The molecule has 1 amide bonds. The van der Waals surface area contributed by atoms with E-state index in [0.717, 1.165) is 17.5 Å². The summed E-state index contributed by atoms with van der Waals surface area (Å²) in [6.07, 6.45) is -3.26. The van der Waals surface area contributed by atoms with Crippen LogP contribution in [0.4, 0.5) is 13.2 Å². The van der Waals surface area contributed by atoms with Crippen molar-refractivity contribution in [3.8, 4) is 0 Å². The monoisotopic (exact) mass is 628 g/mol. The largest absolute Gasteiger partial charge is 0.416 e. The van der Waals surface area contributed by atoms with Crippen molar-refractivity contribution in [1.29, 1.82) is 0 Å². The molecule has 0 aliphatic carbocycles. The van der Waals surface area contributed by atoms with Gasteiger partial charge in [0.25, 0.3) is 0 Å². The lowest BCUT2D eigenvalue weighted by Gasteiger charge is -2.35. The molecule has 14 heteroatoms. The minimum absolute atomic E-state index is 0.00468. The fourth-order valence-electron chi connectivity index (χ4n) is 5.27. The Kier molecular flexibility index (Phi) is 9.82. The van der Waals surface area contributed by atoms with Gasteiger partial charge in [-0.15, -0.1) is 0 Å². The molecule has 0 spiro atoms. The SMILES string of the molecule is C=CS(=O)(=O)NCC1CCCN1S(=O)(=O)c1ccc(C(Cc2ccc(C(F)(F)F)cc2)C(=O)N2CCN(C)CC2)cc1. The average molecular weight is 629 g/mol. The number of rotatable bonds is 10. The molecule has 2 aromatic rings. The summed E-state index contributed by atoms with van der Waals surface area (Å²) in [6, 6.07) is 10.1. The minimum atomic E-state index is -4.47. The van der Waals surface area contributed by atoms with E-state index in [2.05, 4.69) is 16.2 Å². The summed E-state index contributed by atoms with van der Waals surface area (Å²) >= 11 is 0. The van der Waals surface area contributed by atoms with Crippen molar-refractivity contribution in [1.82, 2.24) is 18.8 Å². The highest BCUT2D eigenvalue weighted by Gasteiger charge is 2.36. The van der Waals surface area contributed by atoms with Crippen LogP contribution in [0, 0.1) is 0 Å². The maximum atomic E-state index is 13.7. The molecule has 2 atom stereocenters. The van der Waals surface area contributed by atoms with E-state index in [9.17, 15) is 34.8 Å². The summed E-state index contributed by atoms with van der Waals surface area (Å²) in [4.78, 5) is 17.5. The smallest absolute Gasteiger partial charge is 0.340 e. The number of hydrogen-bond acceptors (Lipinski definition) is 6. The van der Waals surface area contributed by atoms with Crippen LogP contribution in [-0.4, -0.2) is 89.2 Å². The number of sulfonamides is 2. The van der Waals surface area contributed by atoms with Crippen molar-refractivity contribution in [2.75, 3.05) is 46.3 Å². The van der Waals surface area contributed by atoms with Gasteiger partial charge >= 0.3 is 6.18 Å². The number of likely N-dealkylation sites (N-methyl/N-ethyl adjacent to an activating group) is 1. The normalized spacial score (nSPS) is 20.0. The highest BCUT2D eigenvalue weighted by atomic mass is 32.2. The number of piperazine rings is 1. The third kappa shape index (κ3) is 7.59. The predicted molar refractivity (Wildman–Crippen MR) is 152 cm³/mol. The molecular weight excluding hydrogens is 593 g/mol. The molecule has 42 heavy (non-hydrogen) atoms. The lowest BCUT2D eigenvalue weighted by Crippen LogP contribution is -2.48. The number of alkyl halides is 3. The number of nitrogens with zero attached hydrogens (tertiary/aromatic N) is 3. The zero-order chi connectivity index (χ0) is 30.7. The zero-order valence-electron chi connectivity index (χ0n) is 23.3. The molecule has 4 rings (SSSR count). The minimum Gasteiger partial charge on any atom is -0.340 e. The highest BCUT2D eigenvalue weighted by molar-refractivity contribution is 7.92. The topological polar surface area (TPSA) is 107 Å². The molecule has 0 radical (unpaired) electrons. The molecule has 2 saturated heterocycles. The van der Waals surface area contributed by atoms with E-state index in [1.807, 2.05) is 7.05 Å².